The highest BCUT2D eigenvalue weighted by atomic mass is 16.5. The summed E-state index contributed by atoms with van der Waals surface area (Å²) in [4.78, 5) is 22.9. The summed E-state index contributed by atoms with van der Waals surface area (Å²) in [5.41, 5.74) is 0.984. The Morgan fingerprint density at radius 3 is 2.89 bits per heavy atom. The molecular weight excluding hydrogens is 246 g/mol. The maximum absolute atomic E-state index is 12.0. The number of carboxylic acids is 1. The minimum absolute atomic E-state index is 0.260. The Balaban J connectivity index is 2.01. The average Bonchev–Trinajstić information content (AvgIpc) is 2.43. The Labute approximate surface area is 111 Å². The van der Waals surface area contributed by atoms with Crippen molar-refractivity contribution in [2.24, 2.45) is 5.92 Å². The summed E-state index contributed by atoms with van der Waals surface area (Å²) in [7, 11) is 0. The van der Waals surface area contributed by atoms with Crippen LogP contribution in [-0.2, 0) is 16.0 Å². The van der Waals surface area contributed by atoms with E-state index >= 15 is 0 Å². The minimum Gasteiger partial charge on any atom is -0.492 e. The average molecular weight is 263 g/mol. The summed E-state index contributed by atoms with van der Waals surface area (Å²) >= 11 is 0. The van der Waals surface area contributed by atoms with Crippen LogP contribution in [0.4, 0.5) is 0 Å². The molecule has 102 valence electrons. The lowest BCUT2D eigenvalue weighted by Gasteiger charge is -2.25. The molecule has 1 aromatic rings. The Bertz CT molecular complexity index is 486. The lowest BCUT2D eigenvalue weighted by molar-refractivity contribution is -0.142. The number of para-hydroxylation sites is 1. The molecule has 1 unspecified atom stereocenters. The molecule has 0 saturated heterocycles. The van der Waals surface area contributed by atoms with Crippen molar-refractivity contribution in [2.45, 2.75) is 25.8 Å². The van der Waals surface area contributed by atoms with E-state index in [-0.39, 0.29) is 11.8 Å². The molecule has 1 heterocycles. The van der Waals surface area contributed by atoms with Gasteiger partial charge in [0.2, 0.25) is 5.91 Å². The molecule has 0 aromatic heterocycles. The number of fused-ring (bicyclic) bond motifs is 1. The first-order valence-electron chi connectivity index (χ1n) is 6.35. The molecule has 5 heteroatoms. The molecule has 1 aliphatic heterocycles. The van der Waals surface area contributed by atoms with E-state index in [1.807, 2.05) is 24.3 Å². The fourth-order valence-electron chi connectivity index (χ4n) is 2.12. The molecule has 0 radical (unpaired) electrons. The number of hydrogen-bond donors (Lipinski definition) is 2. The van der Waals surface area contributed by atoms with Gasteiger partial charge in [0.15, 0.2) is 0 Å². The Morgan fingerprint density at radius 1 is 1.47 bits per heavy atom. The van der Waals surface area contributed by atoms with E-state index in [9.17, 15) is 9.59 Å². The van der Waals surface area contributed by atoms with Crippen LogP contribution in [-0.4, -0.2) is 29.6 Å². The number of amides is 1. The molecule has 2 rings (SSSR count). The van der Waals surface area contributed by atoms with Crippen molar-refractivity contribution in [3.63, 3.8) is 0 Å². The van der Waals surface area contributed by atoms with Crippen molar-refractivity contribution in [1.82, 2.24) is 5.32 Å². The number of benzene rings is 1. The second-order valence-electron chi connectivity index (χ2n) is 4.63. The van der Waals surface area contributed by atoms with E-state index < -0.39 is 12.0 Å². The SMILES string of the molecule is CC[C@@H](NC(=O)C1COc2ccccc2C1)C(=O)O. The highest BCUT2D eigenvalue weighted by Crippen LogP contribution is 2.26. The van der Waals surface area contributed by atoms with E-state index in [0.29, 0.717) is 19.4 Å². The third-order valence-electron chi connectivity index (χ3n) is 3.27. The zero-order chi connectivity index (χ0) is 13.8. The first-order valence-corrected chi connectivity index (χ1v) is 6.35. The summed E-state index contributed by atoms with van der Waals surface area (Å²) in [6.07, 6.45) is 0.948. The van der Waals surface area contributed by atoms with Crippen molar-refractivity contribution >= 4 is 11.9 Å². The van der Waals surface area contributed by atoms with Crippen molar-refractivity contribution in [1.29, 1.82) is 0 Å². The number of ether oxygens (including phenoxy) is 1. The van der Waals surface area contributed by atoms with E-state index in [2.05, 4.69) is 5.32 Å². The van der Waals surface area contributed by atoms with E-state index in [4.69, 9.17) is 9.84 Å². The van der Waals surface area contributed by atoms with Gasteiger partial charge in [-0.3, -0.25) is 4.79 Å². The van der Waals surface area contributed by atoms with Gasteiger partial charge in [-0.2, -0.15) is 0 Å². The predicted molar refractivity (Wildman–Crippen MR) is 69.0 cm³/mol. The third-order valence-corrected chi connectivity index (χ3v) is 3.27. The number of carbonyl (C=O) groups is 2. The molecule has 0 saturated carbocycles. The number of nitrogens with one attached hydrogen (secondary N) is 1. The zero-order valence-electron chi connectivity index (χ0n) is 10.8. The van der Waals surface area contributed by atoms with Crippen LogP contribution in [0, 0.1) is 5.92 Å². The molecule has 1 aliphatic rings. The minimum atomic E-state index is -1.01. The largest absolute Gasteiger partial charge is 0.492 e. The van der Waals surface area contributed by atoms with E-state index in [1.165, 1.54) is 0 Å². The highest BCUT2D eigenvalue weighted by molar-refractivity contribution is 5.85. The van der Waals surface area contributed by atoms with Crippen molar-refractivity contribution in [3.8, 4) is 5.75 Å². The molecule has 1 aromatic carbocycles. The van der Waals surface area contributed by atoms with Crippen molar-refractivity contribution in [2.75, 3.05) is 6.61 Å². The van der Waals surface area contributed by atoms with Gasteiger partial charge in [-0.25, -0.2) is 4.79 Å². The lowest BCUT2D eigenvalue weighted by atomic mass is 9.95. The fourth-order valence-corrected chi connectivity index (χ4v) is 2.12. The van der Waals surface area contributed by atoms with Gasteiger partial charge in [0.05, 0.1) is 5.92 Å². The van der Waals surface area contributed by atoms with Crippen LogP contribution in [0.1, 0.15) is 18.9 Å². The topological polar surface area (TPSA) is 75.6 Å². The summed E-state index contributed by atoms with van der Waals surface area (Å²) in [5, 5.41) is 11.5. The van der Waals surface area contributed by atoms with Crippen LogP contribution >= 0.6 is 0 Å². The molecule has 19 heavy (non-hydrogen) atoms. The van der Waals surface area contributed by atoms with Crippen molar-refractivity contribution in [3.05, 3.63) is 29.8 Å². The molecular formula is C14H17NO4. The van der Waals surface area contributed by atoms with Gasteiger partial charge in [-0.1, -0.05) is 25.1 Å². The van der Waals surface area contributed by atoms with Gasteiger partial charge in [-0.15, -0.1) is 0 Å². The first-order chi connectivity index (χ1) is 9.11. The maximum Gasteiger partial charge on any atom is 0.326 e. The van der Waals surface area contributed by atoms with Gasteiger partial charge in [0, 0.05) is 0 Å². The number of rotatable bonds is 4. The molecule has 1 amide bonds. The van der Waals surface area contributed by atoms with Gasteiger partial charge in [0.1, 0.15) is 18.4 Å². The number of hydrogen-bond acceptors (Lipinski definition) is 3. The van der Waals surface area contributed by atoms with Crippen LogP contribution in [0.5, 0.6) is 5.75 Å². The summed E-state index contributed by atoms with van der Waals surface area (Å²) in [5.74, 6) is -0.795. The van der Waals surface area contributed by atoms with Gasteiger partial charge in [0.25, 0.3) is 0 Å². The molecule has 0 aliphatic carbocycles. The number of carboxylic acid groups (broad SMARTS) is 1. The Hall–Kier alpha value is -2.04. The predicted octanol–water partition coefficient (Wildman–Crippen LogP) is 1.22. The second kappa shape index (κ2) is 5.73. The molecule has 0 spiro atoms. The summed E-state index contributed by atoms with van der Waals surface area (Å²) in [6, 6.07) is 6.74. The third kappa shape index (κ3) is 3.05. The van der Waals surface area contributed by atoms with Crippen molar-refractivity contribution < 1.29 is 19.4 Å². The fraction of sp³-hybridized carbons (Fsp3) is 0.429. The summed E-state index contributed by atoms with van der Waals surface area (Å²) < 4.78 is 5.52. The second-order valence-corrected chi connectivity index (χ2v) is 4.63. The Morgan fingerprint density at radius 2 is 2.21 bits per heavy atom. The standard InChI is InChI=1S/C14H17NO4/c1-2-11(14(17)18)15-13(16)10-7-9-5-3-4-6-12(9)19-8-10/h3-6,10-11H,2,7-8H2,1H3,(H,15,16)(H,17,18)/t10?,11-/m1/s1. The van der Waals surface area contributed by atoms with Crippen LogP contribution in [0.2, 0.25) is 0 Å². The van der Waals surface area contributed by atoms with Crippen LogP contribution < -0.4 is 10.1 Å². The van der Waals surface area contributed by atoms with Crippen LogP contribution in [0.3, 0.4) is 0 Å². The van der Waals surface area contributed by atoms with E-state index in [0.717, 1.165) is 11.3 Å². The monoisotopic (exact) mass is 263 g/mol. The molecule has 2 N–H and O–H groups in total. The quantitative estimate of drug-likeness (QED) is 0.856. The number of carbonyl (C=O) groups excluding carboxylic acids is 1. The summed E-state index contributed by atoms with van der Waals surface area (Å²) in [6.45, 7) is 2.02. The molecule has 2 atom stereocenters. The van der Waals surface area contributed by atoms with Crippen LogP contribution in [0.15, 0.2) is 24.3 Å². The molecule has 5 nitrogen and oxygen atoms in total. The normalized spacial score (nSPS) is 18.9. The zero-order valence-corrected chi connectivity index (χ0v) is 10.8. The number of aliphatic carboxylic acids is 1. The lowest BCUT2D eigenvalue weighted by Crippen LogP contribution is -2.45. The van der Waals surface area contributed by atoms with Crippen LogP contribution in [0.25, 0.3) is 0 Å². The smallest absolute Gasteiger partial charge is 0.326 e. The van der Waals surface area contributed by atoms with E-state index in [1.54, 1.807) is 6.92 Å². The molecule has 0 bridgehead atoms. The first kappa shape index (κ1) is 13.4. The Kier molecular flexibility index (Phi) is 4.04. The van der Waals surface area contributed by atoms with Gasteiger partial charge in [-0.05, 0) is 24.5 Å². The highest BCUT2D eigenvalue weighted by Gasteiger charge is 2.28. The van der Waals surface area contributed by atoms with Gasteiger partial charge < -0.3 is 15.2 Å². The maximum atomic E-state index is 12.0. The van der Waals surface area contributed by atoms with Gasteiger partial charge >= 0.3 is 5.97 Å². The molecule has 0 fully saturated rings.